The van der Waals surface area contributed by atoms with Crippen molar-refractivity contribution in [1.82, 2.24) is 19.7 Å². The summed E-state index contributed by atoms with van der Waals surface area (Å²) < 4.78 is 3.56. The fraction of sp³-hybridized carbons (Fsp3) is 0.130. The third-order valence-electron chi connectivity index (χ3n) is 4.84. The molecule has 2 aromatic heterocycles. The van der Waals surface area contributed by atoms with E-state index >= 15 is 0 Å². The van der Waals surface area contributed by atoms with Gasteiger partial charge in [-0.1, -0.05) is 53.5 Å². The summed E-state index contributed by atoms with van der Waals surface area (Å²) in [5, 5.41) is 8.52. The van der Waals surface area contributed by atoms with Crippen molar-refractivity contribution < 1.29 is 4.79 Å². The molecular formula is C23H20Cl2N4O. The topological polar surface area (TPSA) is 51.9 Å². The van der Waals surface area contributed by atoms with Crippen molar-refractivity contribution in [3.05, 3.63) is 94.2 Å². The van der Waals surface area contributed by atoms with Crippen LogP contribution in [0.2, 0.25) is 10.0 Å². The molecule has 0 fully saturated rings. The number of carbonyl (C=O) groups excluding carboxylic acids is 1. The molecule has 0 bridgehead atoms. The van der Waals surface area contributed by atoms with Crippen molar-refractivity contribution in [1.29, 1.82) is 0 Å². The molecule has 0 radical (unpaired) electrons. The van der Waals surface area contributed by atoms with Gasteiger partial charge in [0.1, 0.15) is 11.4 Å². The van der Waals surface area contributed by atoms with Crippen LogP contribution in [0.15, 0.2) is 72.9 Å². The lowest BCUT2D eigenvalue weighted by Crippen LogP contribution is -2.27. The first kappa shape index (κ1) is 20.3. The number of hydrogen-bond donors (Lipinski definition) is 1. The summed E-state index contributed by atoms with van der Waals surface area (Å²) in [5.41, 5.74) is 3.87. The zero-order chi connectivity index (χ0) is 21.1. The lowest BCUT2D eigenvalue weighted by Gasteiger charge is -2.09. The molecule has 2 aromatic carbocycles. The Hall–Kier alpha value is -3.02. The summed E-state index contributed by atoms with van der Waals surface area (Å²) in [5.74, 6) is -0.204. The minimum Gasteiger partial charge on any atom is -0.350 e. The van der Waals surface area contributed by atoms with Gasteiger partial charge < -0.3 is 9.88 Å². The Balaban J connectivity index is 1.64. The lowest BCUT2D eigenvalue weighted by molar-refractivity contribution is 0.0946. The van der Waals surface area contributed by atoms with E-state index in [1.807, 2.05) is 60.3 Å². The summed E-state index contributed by atoms with van der Waals surface area (Å²) >= 11 is 12.3. The van der Waals surface area contributed by atoms with Crippen LogP contribution in [0.25, 0.3) is 17.1 Å². The highest BCUT2D eigenvalue weighted by atomic mass is 35.5. The first-order valence-electron chi connectivity index (χ1n) is 9.52. The van der Waals surface area contributed by atoms with Gasteiger partial charge in [-0.25, -0.2) is 4.68 Å². The van der Waals surface area contributed by atoms with Crippen LogP contribution < -0.4 is 5.32 Å². The van der Waals surface area contributed by atoms with Crippen LogP contribution in [-0.2, 0) is 13.5 Å². The average molecular weight is 439 g/mol. The van der Waals surface area contributed by atoms with Crippen LogP contribution in [0.4, 0.5) is 0 Å². The summed E-state index contributed by atoms with van der Waals surface area (Å²) in [6.45, 7) is 0.523. The van der Waals surface area contributed by atoms with E-state index in [9.17, 15) is 4.79 Å². The van der Waals surface area contributed by atoms with Crippen LogP contribution in [0.3, 0.4) is 0 Å². The number of rotatable bonds is 6. The number of amides is 1. The molecule has 4 rings (SSSR count). The highest BCUT2D eigenvalue weighted by molar-refractivity contribution is 6.42. The molecule has 0 unspecified atom stereocenters. The Morgan fingerprint density at radius 3 is 2.50 bits per heavy atom. The quantitative estimate of drug-likeness (QED) is 0.452. The van der Waals surface area contributed by atoms with Crippen LogP contribution in [-0.4, -0.2) is 26.8 Å². The van der Waals surface area contributed by atoms with E-state index in [2.05, 4.69) is 10.4 Å². The molecule has 2 heterocycles. The number of hydrogen-bond acceptors (Lipinski definition) is 2. The number of aromatic nitrogens is 3. The van der Waals surface area contributed by atoms with Crippen molar-refractivity contribution >= 4 is 29.1 Å². The van der Waals surface area contributed by atoms with Gasteiger partial charge in [-0.2, -0.15) is 5.10 Å². The smallest absolute Gasteiger partial charge is 0.270 e. The van der Waals surface area contributed by atoms with Crippen LogP contribution >= 0.6 is 23.2 Å². The standard InChI is InChI=1S/C23H20Cl2N4O/c1-28-13-5-8-21(28)20-15-22(23(30)26-12-11-16-6-3-2-4-7-16)29(27-20)17-9-10-18(24)19(25)14-17/h2-10,13-15H,11-12H2,1H3,(H,26,30). The van der Waals surface area contributed by atoms with E-state index in [0.29, 0.717) is 33.7 Å². The highest BCUT2D eigenvalue weighted by Gasteiger charge is 2.19. The van der Waals surface area contributed by atoms with E-state index in [1.165, 1.54) is 5.56 Å². The molecule has 1 N–H and O–H groups in total. The second-order valence-corrected chi connectivity index (χ2v) is 7.74. The van der Waals surface area contributed by atoms with Gasteiger partial charge in [0.2, 0.25) is 0 Å². The maximum Gasteiger partial charge on any atom is 0.270 e. The molecule has 7 heteroatoms. The Morgan fingerprint density at radius 1 is 1.00 bits per heavy atom. The zero-order valence-electron chi connectivity index (χ0n) is 16.3. The molecule has 0 saturated heterocycles. The summed E-state index contributed by atoms with van der Waals surface area (Å²) in [7, 11) is 1.94. The number of carbonyl (C=O) groups is 1. The molecule has 152 valence electrons. The SMILES string of the molecule is Cn1cccc1-c1cc(C(=O)NCCc2ccccc2)n(-c2ccc(Cl)c(Cl)c2)n1. The molecule has 0 atom stereocenters. The minimum absolute atomic E-state index is 0.204. The third-order valence-corrected chi connectivity index (χ3v) is 5.58. The van der Waals surface area contributed by atoms with Crippen LogP contribution in [0.1, 0.15) is 16.1 Å². The maximum atomic E-state index is 13.0. The molecular weight excluding hydrogens is 419 g/mol. The summed E-state index contributed by atoms with van der Waals surface area (Å²) in [6, 6.07) is 20.9. The van der Waals surface area contributed by atoms with Gasteiger partial charge in [-0.05, 0) is 48.4 Å². The molecule has 0 spiro atoms. The molecule has 30 heavy (non-hydrogen) atoms. The monoisotopic (exact) mass is 438 g/mol. The molecule has 0 aliphatic heterocycles. The Kier molecular flexibility index (Phi) is 5.93. The van der Waals surface area contributed by atoms with Crippen LogP contribution in [0.5, 0.6) is 0 Å². The fourth-order valence-electron chi connectivity index (χ4n) is 3.26. The van der Waals surface area contributed by atoms with Gasteiger partial charge in [0, 0.05) is 19.8 Å². The second-order valence-electron chi connectivity index (χ2n) is 6.92. The van der Waals surface area contributed by atoms with Crippen LogP contribution in [0, 0.1) is 0 Å². The summed E-state index contributed by atoms with van der Waals surface area (Å²) in [6.07, 6.45) is 2.69. The van der Waals surface area contributed by atoms with Gasteiger partial charge in [-0.15, -0.1) is 0 Å². The van der Waals surface area contributed by atoms with Gasteiger partial charge in [0.05, 0.1) is 21.4 Å². The van der Waals surface area contributed by atoms with Gasteiger partial charge in [0.25, 0.3) is 5.91 Å². The number of nitrogens with one attached hydrogen (secondary N) is 1. The normalized spacial score (nSPS) is 10.9. The van der Waals surface area contributed by atoms with Crippen molar-refractivity contribution in [2.75, 3.05) is 6.54 Å². The Labute approximate surface area is 184 Å². The Morgan fingerprint density at radius 2 is 1.80 bits per heavy atom. The fourth-order valence-corrected chi connectivity index (χ4v) is 3.56. The van der Waals surface area contributed by atoms with Crippen molar-refractivity contribution in [3.8, 4) is 17.1 Å². The van der Waals surface area contributed by atoms with E-state index < -0.39 is 0 Å². The van der Waals surface area contributed by atoms with Crippen molar-refractivity contribution in [3.63, 3.8) is 0 Å². The number of aryl methyl sites for hydroxylation is 1. The van der Waals surface area contributed by atoms with Gasteiger partial charge in [-0.3, -0.25) is 4.79 Å². The maximum absolute atomic E-state index is 13.0. The third kappa shape index (κ3) is 4.27. The number of nitrogens with zero attached hydrogens (tertiary/aromatic N) is 3. The molecule has 0 aliphatic rings. The summed E-state index contributed by atoms with van der Waals surface area (Å²) in [4.78, 5) is 13.0. The van der Waals surface area contributed by atoms with E-state index in [4.69, 9.17) is 23.2 Å². The Bertz CT molecular complexity index is 1180. The lowest BCUT2D eigenvalue weighted by atomic mass is 10.1. The largest absolute Gasteiger partial charge is 0.350 e. The predicted octanol–water partition coefficient (Wildman–Crippen LogP) is 5.16. The average Bonchev–Trinajstić information content (AvgIpc) is 3.37. The molecule has 5 nitrogen and oxygen atoms in total. The van der Waals surface area contributed by atoms with Crippen molar-refractivity contribution in [2.24, 2.45) is 7.05 Å². The first-order valence-corrected chi connectivity index (χ1v) is 10.3. The molecule has 1 amide bonds. The van der Waals surface area contributed by atoms with E-state index in [-0.39, 0.29) is 5.91 Å². The van der Waals surface area contributed by atoms with Crippen molar-refractivity contribution in [2.45, 2.75) is 6.42 Å². The van der Waals surface area contributed by atoms with Gasteiger partial charge in [0.15, 0.2) is 0 Å². The van der Waals surface area contributed by atoms with E-state index in [1.54, 1.807) is 28.9 Å². The first-order chi connectivity index (χ1) is 14.5. The van der Waals surface area contributed by atoms with E-state index in [0.717, 1.165) is 12.1 Å². The molecule has 4 aromatic rings. The highest BCUT2D eigenvalue weighted by Crippen LogP contribution is 2.27. The number of benzene rings is 2. The molecule has 0 saturated carbocycles. The zero-order valence-corrected chi connectivity index (χ0v) is 17.9. The van der Waals surface area contributed by atoms with Gasteiger partial charge >= 0.3 is 0 Å². The predicted molar refractivity (Wildman–Crippen MR) is 120 cm³/mol. The second kappa shape index (κ2) is 8.78. The molecule has 0 aliphatic carbocycles. The minimum atomic E-state index is -0.204. The number of halogens is 2.